The number of likely N-dealkylation sites (tertiary alicyclic amines) is 1. The van der Waals surface area contributed by atoms with Gasteiger partial charge in [-0.25, -0.2) is 0 Å². The number of nitrogens with zero attached hydrogens (tertiary/aromatic N) is 1. The van der Waals surface area contributed by atoms with Crippen molar-refractivity contribution < 1.29 is 19.5 Å². The van der Waals surface area contributed by atoms with Crippen molar-refractivity contribution in [2.45, 2.75) is 25.8 Å². The molecule has 1 rings (SSSR count). The Balaban J connectivity index is 2.51. The van der Waals surface area contributed by atoms with Gasteiger partial charge in [0.1, 0.15) is 12.6 Å². The van der Waals surface area contributed by atoms with Crippen LogP contribution < -0.4 is 5.32 Å². The van der Waals surface area contributed by atoms with E-state index in [2.05, 4.69) is 5.32 Å². The highest BCUT2D eigenvalue weighted by Crippen LogP contribution is 2.16. The first kappa shape index (κ1) is 11.5. The number of nitrogens with one attached hydrogen (secondary N) is 1. The van der Waals surface area contributed by atoms with Crippen molar-refractivity contribution in [1.29, 1.82) is 0 Å². The number of amides is 2. The molecule has 0 radical (unpaired) electrons. The fraction of sp³-hybridized carbons (Fsp3) is 0.667. The molecule has 0 bridgehead atoms. The zero-order chi connectivity index (χ0) is 11.4. The summed E-state index contributed by atoms with van der Waals surface area (Å²) >= 11 is 0. The maximum Gasteiger partial charge on any atom is 0.322 e. The van der Waals surface area contributed by atoms with Gasteiger partial charge in [0, 0.05) is 13.5 Å². The molecule has 84 valence electrons. The molecule has 1 aliphatic heterocycles. The molecule has 0 spiro atoms. The second-order valence-corrected chi connectivity index (χ2v) is 3.48. The van der Waals surface area contributed by atoms with Crippen molar-refractivity contribution in [2.75, 3.05) is 13.1 Å². The topological polar surface area (TPSA) is 86.7 Å². The van der Waals surface area contributed by atoms with E-state index in [1.165, 1.54) is 11.8 Å². The SMILES string of the molecule is CC(=O)N1CCC[C@H]1C(=O)NCC(=O)O. The first-order valence-electron chi connectivity index (χ1n) is 4.79. The van der Waals surface area contributed by atoms with Gasteiger partial charge in [0.25, 0.3) is 0 Å². The fourth-order valence-electron chi connectivity index (χ4n) is 1.70. The fourth-order valence-corrected chi connectivity index (χ4v) is 1.70. The van der Waals surface area contributed by atoms with Gasteiger partial charge in [0.2, 0.25) is 11.8 Å². The van der Waals surface area contributed by atoms with Crippen LogP contribution in [0.3, 0.4) is 0 Å². The minimum Gasteiger partial charge on any atom is -0.480 e. The van der Waals surface area contributed by atoms with E-state index in [9.17, 15) is 14.4 Å². The van der Waals surface area contributed by atoms with Crippen LogP contribution in [-0.4, -0.2) is 46.9 Å². The number of hydrogen-bond donors (Lipinski definition) is 2. The Labute approximate surface area is 87.2 Å². The van der Waals surface area contributed by atoms with Gasteiger partial charge in [-0.2, -0.15) is 0 Å². The van der Waals surface area contributed by atoms with Gasteiger partial charge < -0.3 is 15.3 Å². The van der Waals surface area contributed by atoms with Crippen molar-refractivity contribution in [3.63, 3.8) is 0 Å². The Morgan fingerprint density at radius 2 is 2.13 bits per heavy atom. The molecule has 6 heteroatoms. The number of carboxylic acids is 1. The third-order valence-corrected chi connectivity index (χ3v) is 2.37. The van der Waals surface area contributed by atoms with E-state index in [4.69, 9.17) is 5.11 Å². The Morgan fingerprint density at radius 1 is 1.47 bits per heavy atom. The van der Waals surface area contributed by atoms with Crippen molar-refractivity contribution >= 4 is 17.8 Å². The lowest BCUT2D eigenvalue weighted by Gasteiger charge is -2.21. The molecule has 15 heavy (non-hydrogen) atoms. The number of carbonyl (C=O) groups excluding carboxylic acids is 2. The van der Waals surface area contributed by atoms with Crippen molar-refractivity contribution in [3.8, 4) is 0 Å². The molecule has 1 fully saturated rings. The van der Waals surface area contributed by atoms with Crippen LogP contribution in [0, 0.1) is 0 Å². The summed E-state index contributed by atoms with van der Waals surface area (Å²) in [5.74, 6) is -1.62. The summed E-state index contributed by atoms with van der Waals surface area (Å²) in [6.45, 7) is 1.57. The van der Waals surface area contributed by atoms with Crippen molar-refractivity contribution in [2.24, 2.45) is 0 Å². The lowest BCUT2D eigenvalue weighted by molar-refractivity contribution is -0.140. The molecular formula is C9H14N2O4. The first-order chi connectivity index (χ1) is 7.02. The van der Waals surface area contributed by atoms with Crippen LogP contribution in [0.4, 0.5) is 0 Å². The first-order valence-corrected chi connectivity index (χ1v) is 4.79. The van der Waals surface area contributed by atoms with Gasteiger partial charge in [0.15, 0.2) is 0 Å². The summed E-state index contributed by atoms with van der Waals surface area (Å²) in [5.41, 5.74) is 0. The molecule has 0 saturated carbocycles. The number of rotatable bonds is 3. The number of carboxylic acid groups (broad SMARTS) is 1. The highest BCUT2D eigenvalue weighted by atomic mass is 16.4. The van der Waals surface area contributed by atoms with Gasteiger partial charge in [0.05, 0.1) is 0 Å². The van der Waals surface area contributed by atoms with Crippen LogP contribution in [0.1, 0.15) is 19.8 Å². The molecule has 0 aromatic carbocycles. The molecule has 1 heterocycles. The molecule has 2 amide bonds. The lowest BCUT2D eigenvalue weighted by Crippen LogP contribution is -2.46. The maximum atomic E-state index is 11.5. The average Bonchev–Trinajstić information content (AvgIpc) is 2.62. The summed E-state index contributed by atoms with van der Waals surface area (Å²) in [4.78, 5) is 34.3. The highest BCUT2D eigenvalue weighted by molar-refractivity contribution is 5.89. The van der Waals surface area contributed by atoms with Crippen molar-refractivity contribution in [3.05, 3.63) is 0 Å². The van der Waals surface area contributed by atoms with Gasteiger partial charge in [-0.1, -0.05) is 0 Å². The van der Waals surface area contributed by atoms with Crippen LogP contribution in [0.25, 0.3) is 0 Å². The van der Waals surface area contributed by atoms with E-state index >= 15 is 0 Å². The Morgan fingerprint density at radius 3 is 2.67 bits per heavy atom. The average molecular weight is 214 g/mol. The Hall–Kier alpha value is -1.59. The molecular weight excluding hydrogens is 200 g/mol. The van der Waals surface area contributed by atoms with Crippen LogP contribution in [0.15, 0.2) is 0 Å². The molecule has 1 atom stereocenters. The van der Waals surface area contributed by atoms with Gasteiger partial charge >= 0.3 is 5.97 Å². The third-order valence-electron chi connectivity index (χ3n) is 2.37. The summed E-state index contributed by atoms with van der Waals surface area (Å²) in [6.07, 6.45) is 1.38. The predicted molar refractivity (Wildman–Crippen MR) is 51.1 cm³/mol. The summed E-state index contributed by atoms with van der Waals surface area (Å²) < 4.78 is 0. The lowest BCUT2D eigenvalue weighted by atomic mass is 10.2. The maximum absolute atomic E-state index is 11.5. The Bertz CT molecular complexity index is 290. The minimum absolute atomic E-state index is 0.150. The molecule has 6 nitrogen and oxygen atoms in total. The van der Waals surface area contributed by atoms with E-state index < -0.39 is 18.6 Å². The zero-order valence-corrected chi connectivity index (χ0v) is 8.52. The van der Waals surface area contributed by atoms with Gasteiger partial charge in [-0.15, -0.1) is 0 Å². The molecule has 1 saturated heterocycles. The molecule has 0 aromatic rings. The van der Waals surface area contributed by atoms with E-state index in [1.54, 1.807) is 0 Å². The van der Waals surface area contributed by atoms with Crippen LogP contribution in [-0.2, 0) is 14.4 Å². The zero-order valence-electron chi connectivity index (χ0n) is 8.52. The van der Waals surface area contributed by atoms with E-state index in [-0.39, 0.29) is 11.8 Å². The third kappa shape index (κ3) is 2.93. The van der Waals surface area contributed by atoms with Crippen LogP contribution in [0.5, 0.6) is 0 Å². The second-order valence-electron chi connectivity index (χ2n) is 3.48. The Kier molecular flexibility index (Phi) is 3.65. The second kappa shape index (κ2) is 4.77. The van der Waals surface area contributed by atoms with E-state index in [0.717, 1.165) is 6.42 Å². The summed E-state index contributed by atoms with van der Waals surface area (Å²) in [7, 11) is 0. The number of aliphatic carboxylic acids is 1. The minimum atomic E-state index is -1.09. The van der Waals surface area contributed by atoms with Crippen LogP contribution >= 0.6 is 0 Å². The van der Waals surface area contributed by atoms with E-state index in [0.29, 0.717) is 13.0 Å². The van der Waals surface area contributed by atoms with Gasteiger partial charge in [-0.05, 0) is 12.8 Å². The normalized spacial score (nSPS) is 20.1. The predicted octanol–water partition coefficient (Wildman–Crippen LogP) is -0.802. The molecule has 2 N–H and O–H groups in total. The number of carbonyl (C=O) groups is 3. The van der Waals surface area contributed by atoms with E-state index in [1.807, 2.05) is 0 Å². The van der Waals surface area contributed by atoms with Gasteiger partial charge in [-0.3, -0.25) is 14.4 Å². The molecule has 0 aliphatic carbocycles. The largest absolute Gasteiger partial charge is 0.480 e. The van der Waals surface area contributed by atoms with Crippen molar-refractivity contribution in [1.82, 2.24) is 10.2 Å². The summed E-state index contributed by atoms with van der Waals surface area (Å²) in [6, 6.07) is -0.498. The monoisotopic (exact) mass is 214 g/mol. The molecule has 1 aliphatic rings. The number of hydrogen-bond acceptors (Lipinski definition) is 3. The standard InChI is InChI=1S/C9H14N2O4/c1-6(12)11-4-2-3-7(11)9(15)10-5-8(13)14/h7H,2-5H2,1H3,(H,10,15)(H,13,14)/t7-/m0/s1. The van der Waals surface area contributed by atoms with Crippen LogP contribution in [0.2, 0.25) is 0 Å². The summed E-state index contributed by atoms with van der Waals surface area (Å²) in [5, 5.41) is 10.7. The molecule has 0 unspecified atom stereocenters. The highest BCUT2D eigenvalue weighted by Gasteiger charge is 2.32. The molecule has 0 aromatic heterocycles. The smallest absolute Gasteiger partial charge is 0.322 e. The quantitative estimate of drug-likeness (QED) is 0.643.